The minimum absolute atomic E-state index is 0.326. The zero-order valence-corrected chi connectivity index (χ0v) is 9.65. The molecule has 0 aliphatic rings. The summed E-state index contributed by atoms with van der Waals surface area (Å²) < 4.78 is 0. The average Bonchev–Trinajstić information content (AvgIpc) is 2.29. The van der Waals surface area contributed by atoms with Crippen LogP contribution in [0.2, 0.25) is 0 Å². The molecule has 0 aliphatic heterocycles. The lowest BCUT2D eigenvalue weighted by Gasteiger charge is -2.28. The Morgan fingerprint density at radius 2 is 2.38 bits per heavy atom. The van der Waals surface area contributed by atoms with E-state index in [1.54, 1.807) is 12.3 Å². The van der Waals surface area contributed by atoms with Crippen molar-refractivity contribution in [2.24, 2.45) is 5.73 Å². The number of hydrogen-bond acceptors (Lipinski definition) is 2. The van der Waals surface area contributed by atoms with E-state index in [9.17, 15) is 4.79 Å². The van der Waals surface area contributed by atoms with Crippen molar-refractivity contribution in [2.45, 2.75) is 31.6 Å². The highest BCUT2D eigenvalue weighted by Crippen LogP contribution is 2.31. The molecule has 2 N–H and O–H groups in total. The topological polar surface area (TPSA) is 56.0 Å². The van der Waals surface area contributed by atoms with E-state index in [-0.39, 0.29) is 5.91 Å². The average molecular weight is 218 g/mol. The van der Waals surface area contributed by atoms with Gasteiger partial charge < -0.3 is 5.73 Å². The van der Waals surface area contributed by atoms with E-state index >= 15 is 0 Å². The molecule has 1 rings (SSSR count). The molecule has 0 spiro atoms. The second-order valence-electron chi connectivity index (χ2n) is 3.90. The van der Waals surface area contributed by atoms with Gasteiger partial charge in [0.25, 0.3) is 0 Å². The van der Waals surface area contributed by atoms with Crippen molar-refractivity contribution in [1.29, 1.82) is 0 Å². The van der Waals surface area contributed by atoms with Crippen molar-refractivity contribution in [2.75, 3.05) is 0 Å². The SMILES string of the molecule is C=CCC(CCC)(C(N)=O)c1ccccn1. The fourth-order valence-electron chi connectivity index (χ4n) is 2.00. The van der Waals surface area contributed by atoms with Gasteiger partial charge in [-0.05, 0) is 25.0 Å². The molecule has 1 unspecified atom stereocenters. The number of carbonyl (C=O) groups is 1. The van der Waals surface area contributed by atoms with Crippen LogP contribution < -0.4 is 5.73 Å². The highest BCUT2D eigenvalue weighted by Gasteiger charge is 2.37. The molecule has 0 aliphatic carbocycles. The van der Waals surface area contributed by atoms with E-state index in [4.69, 9.17) is 5.73 Å². The molecule has 3 nitrogen and oxygen atoms in total. The molecule has 0 radical (unpaired) electrons. The summed E-state index contributed by atoms with van der Waals surface area (Å²) in [6, 6.07) is 5.55. The lowest BCUT2D eigenvalue weighted by atomic mass is 9.76. The maximum Gasteiger partial charge on any atom is 0.229 e. The summed E-state index contributed by atoms with van der Waals surface area (Å²) in [5.41, 5.74) is 5.59. The van der Waals surface area contributed by atoms with Crippen LogP contribution in [0.15, 0.2) is 37.1 Å². The van der Waals surface area contributed by atoms with Crippen LogP contribution in [0.5, 0.6) is 0 Å². The Hall–Kier alpha value is -1.64. The Bertz CT molecular complexity index is 361. The molecule has 1 heterocycles. The predicted molar refractivity (Wildman–Crippen MR) is 64.8 cm³/mol. The highest BCUT2D eigenvalue weighted by molar-refractivity contribution is 5.86. The van der Waals surface area contributed by atoms with Crippen LogP contribution in [0.3, 0.4) is 0 Å². The molecule has 0 fully saturated rings. The van der Waals surface area contributed by atoms with Crippen LogP contribution >= 0.6 is 0 Å². The largest absolute Gasteiger partial charge is 0.369 e. The number of nitrogens with two attached hydrogens (primary N) is 1. The fourth-order valence-corrected chi connectivity index (χ4v) is 2.00. The number of nitrogens with zero attached hydrogens (tertiary/aromatic N) is 1. The molecule has 1 aromatic rings. The van der Waals surface area contributed by atoms with Crippen LogP contribution in [-0.4, -0.2) is 10.9 Å². The zero-order chi connectivity index (χ0) is 12.0. The number of primary amides is 1. The standard InChI is InChI=1S/C13H18N2O/c1-3-8-13(9-4-2,12(14)16)11-7-5-6-10-15-11/h3,5-7,10H,1,4,8-9H2,2H3,(H2,14,16). The van der Waals surface area contributed by atoms with Gasteiger partial charge in [-0.25, -0.2) is 0 Å². The number of pyridine rings is 1. The monoisotopic (exact) mass is 218 g/mol. The summed E-state index contributed by atoms with van der Waals surface area (Å²) in [6.45, 7) is 5.73. The molecule has 0 aromatic carbocycles. The van der Waals surface area contributed by atoms with Gasteiger partial charge in [0.05, 0.1) is 11.1 Å². The predicted octanol–water partition coefficient (Wildman–Crippen LogP) is 2.18. The summed E-state index contributed by atoms with van der Waals surface area (Å²) in [5.74, 6) is -0.326. The number of hydrogen-bond donors (Lipinski definition) is 1. The highest BCUT2D eigenvalue weighted by atomic mass is 16.1. The first-order valence-corrected chi connectivity index (χ1v) is 5.49. The molecule has 0 bridgehead atoms. The van der Waals surface area contributed by atoms with Crippen molar-refractivity contribution in [3.8, 4) is 0 Å². The van der Waals surface area contributed by atoms with Crippen LogP contribution in [0.1, 0.15) is 31.9 Å². The summed E-state index contributed by atoms with van der Waals surface area (Å²) in [7, 11) is 0. The van der Waals surface area contributed by atoms with Gasteiger partial charge in [-0.1, -0.05) is 25.5 Å². The number of carbonyl (C=O) groups excluding carboxylic acids is 1. The Morgan fingerprint density at radius 3 is 2.81 bits per heavy atom. The number of aromatic nitrogens is 1. The molecule has 86 valence electrons. The number of allylic oxidation sites excluding steroid dienone is 1. The van der Waals surface area contributed by atoms with E-state index in [2.05, 4.69) is 11.6 Å². The molecular weight excluding hydrogens is 200 g/mol. The van der Waals surface area contributed by atoms with E-state index in [1.165, 1.54) is 0 Å². The van der Waals surface area contributed by atoms with E-state index in [0.717, 1.165) is 12.1 Å². The zero-order valence-electron chi connectivity index (χ0n) is 9.65. The van der Waals surface area contributed by atoms with Crippen molar-refractivity contribution >= 4 is 5.91 Å². The molecule has 16 heavy (non-hydrogen) atoms. The third kappa shape index (κ3) is 2.30. The van der Waals surface area contributed by atoms with Gasteiger partial charge in [0.15, 0.2) is 0 Å². The third-order valence-corrected chi connectivity index (χ3v) is 2.80. The van der Waals surface area contributed by atoms with Gasteiger partial charge >= 0.3 is 0 Å². The first-order valence-electron chi connectivity index (χ1n) is 5.49. The first-order chi connectivity index (χ1) is 7.67. The summed E-state index contributed by atoms with van der Waals surface area (Å²) in [4.78, 5) is 16.0. The van der Waals surface area contributed by atoms with E-state index in [0.29, 0.717) is 12.8 Å². The van der Waals surface area contributed by atoms with Gasteiger partial charge in [-0.3, -0.25) is 9.78 Å². The van der Waals surface area contributed by atoms with Crippen molar-refractivity contribution in [3.63, 3.8) is 0 Å². The number of amides is 1. The van der Waals surface area contributed by atoms with Gasteiger partial charge in [0.1, 0.15) is 0 Å². The Kier molecular flexibility index (Phi) is 4.23. The number of rotatable bonds is 6. The van der Waals surface area contributed by atoms with E-state index < -0.39 is 5.41 Å². The molecule has 1 atom stereocenters. The Labute approximate surface area is 96.4 Å². The van der Waals surface area contributed by atoms with Crippen molar-refractivity contribution < 1.29 is 4.79 Å². The minimum atomic E-state index is -0.697. The van der Waals surface area contributed by atoms with Crippen LogP contribution in [0.25, 0.3) is 0 Å². The summed E-state index contributed by atoms with van der Waals surface area (Å²) >= 11 is 0. The third-order valence-electron chi connectivity index (χ3n) is 2.80. The second kappa shape index (κ2) is 5.45. The first kappa shape index (κ1) is 12.4. The molecule has 1 amide bonds. The van der Waals surface area contributed by atoms with Crippen LogP contribution in [0, 0.1) is 0 Å². The van der Waals surface area contributed by atoms with Crippen molar-refractivity contribution in [1.82, 2.24) is 4.98 Å². The Morgan fingerprint density at radius 1 is 1.62 bits per heavy atom. The maximum atomic E-state index is 11.7. The minimum Gasteiger partial charge on any atom is -0.369 e. The maximum absolute atomic E-state index is 11.7. The molecule has 1 aromatic heterocycles. The smallest absolute Gasteiger partial charge is 0.229 e. The van der Waals surface area contributed by atoms with E-state index in [1.807, 2.05) is 25.1 Å². The van der Waals surface area contributed by atoms with Gasteiger partial charge in [0.2, 0.25) is 5.91 Å². The lowest BCUT2D eigenvalue weighted by Crippen LogP contribution is -2.41. The van der Waals surface area contributed by atoms with Crippen LogP contribution in [-0.2, 0) is 10.2 Å². The quantitative estimate of drug-likeness (QED) is 0.744. The molecule has 3 heteroatoms. The Balaban J connectivity index is 3.20. The summed E-state index contributed by atoms with van der Waals surface area (Å²) in [6.07, 6.45) is 5.53. The fraction of sp³-hybridized carbons (Fsp3) is 0.385. The second-order valence-corrected chi connectivity index (χ2v) is 3.90. The van der Waals surface area contributed by atoms with Gasteiger partial charge in [-0.2, -0.15) is 0 Å². The molecule has 0 saturated carbocycles. The van der Waals surface area contributed by atoms with Gasteiger partial charge in [0, 0.05) is 6.20 Å². The molecular formula is C13H18N2O. The van der Waals surface area contributed by atoms with Crippen molar-refractivity contribution in [3.05, 3.63) is 42.7 Å². The van der Waals surface area contributed by atoms with Crippen LogP contribution in [0.4, 0.5) is 0 Å². The molecule has 0 saturated heterocycles. The van der Waals surface area contributed by atoms with Gasteiger partial charge in [-0.15, -0.1) is 6.58 Å². The summed E-state index contributed by atoms with van der Waals surface area (Å²) in [5, 5.41) is 0. The normalized spacial score (nSPS) is 14.1. The lowest BCUT2D eigenvalue weighted by molar-refractivity contribution is -0.123.